The van der Waals surface area contributed by atoms with E-state index < -0.39 is 11.6 Å². The molecule has 2 aliphatic heterocycles. The van der Waals surface area contributed by atoms with Gasteiger partial charge in [0.1, 0.15) is 35.3 Å². The number of halogens is 3. The highest BCUT2D eigenvalue weighted by atomic mass is 35.5. The SMILES string of the molecule is Cl.Cn1c2c(c3ccc(-n4ccc(OCc5ncc(F)cc5F)cc4=O)nc31)CN1CCCC1C2. The number of aromatic nitrogens is 4. The van der Waals surface area contributed by atoms with Gasteiger partial charge in [0.15, 0.2) is 5.82 Å². The average molecular weight is 500 g/mol. The standard InChI is InChI=1S/C25H23F2N5O2.ClH/c1-30-22-10-16-3-2-7-31(16)13-19(22)18-4-5-23(29-25(18)30)32-8-6-17(11-24(32)33)34-14-21-20(27)9-15(26)12-28-21;/h4-6,8-9,11-12,16H,2-3,7,10,13-14H2,1H3;1H. The lowest BCUT2D eigenvalue weighted by Crippen LogP contribution is -2.35. The van der Waals surface area contributed by atoms with Gasteiger partial charge < -0.3 is 9.30 Å². The predicted octanol–water partition coefficient (Wildman–Crippen LogP) is 3.92. The minimum absolute atomic E-state index is 0. The summed E-state index contributed by atoms with van der Waals surface area (Å²) in [6.45, 7) is 1.89. The minimum Gasteiger partial charge on any atom is -0.487 e. The van der Waals surface area contributed by atoms with Crippen molar-refractivity contribution in [2.75, 3.05) is 6.54 Å². The van der Waals surface area contributed by atoms with Gasteiger partial charge >= 0.3 is 0 Å². The van der Waals surface area contributed by atoms with E-state index in [9.17, 15) is 13.6 Å². The Morgan fingerprint density at radius 2 is 2.06 bits per heavy atom. The Balaban J connectivity index is 0.00000253. The largest absolute Gasteiger partial charge is 0.487 e. The van der Waals surface area contributed by atoms with E-state index in [1.807, 2.05) is 19.2 Å². The van der Waals surface area contributed by atoms with Crippen LogP contribution in [-0.2, 0) is 26.6 Å². The van der Waals surface area contributed by atoms with Crippen molar-refractivity contribution < 1.29 is 13.5 Å². The quantitative estimate of drug-likeness (QED) is 0.426. The van der Waals surface area contributed by atoms with Gasteiger partial charge in [-0.3, -0.25) is 19.2 Å². The predicted molar refractivity (Wildman–Crippen MR) is 129 cm³/mol. The molecular formula is C25H24ClF2N5O2. The maximum absolute atomic E-state index is 13.8. The Labute approximate surface area is 206 Å². The van der Waals surface area contributed by atoms with E-state index in [0.717, 1.165) is 42.8 Å². The molecule has 1 saturated heterocycles. The first-order valence-corrected chi connectivity index (χ1v) is 11.3. The molecule has 1 atom stereocenters. The zero-order valence-electron chi connectivity index (χ0n) is 19.1. The van der Waals surface area contributed by atoms with Gasteiger partial charge in [0.05, 0.1) is 6.20 Å². The van der Waals surface area contributed by atoms with Crippen LogP contribution in [0.2, 0.25) is 0 Å². The van der Waals surface area contributed by atoms with Crippen molar-refractivity contribution in [2.24, 2.45) is 7.05 Å². The molecule has 0 aromatic carbocycles. The van der Waals surface area contributed by atoms with Crippen molar-refractivity contribution in [2.45, 2.75) is 38.5 Å². The fraction of sp³-hybridized carbons (Fsp3) is 0.320. The molecule has 1 unspecified atom stereocenters. The van der Waals surface area contributed by atoms with Crippen LogP contribution in [0.25, 0.3) is 16.9 Å². The zero-order valence-corrected chi connectivity index (χ0v) is 19.9. The van der Waals surface area contributed by atoms with Crippen LogP contribution in [0, 0.1) is 11.6 Å². The third kappa shape index (κ3) is 4.08. The number of ether oxygens (including phenoxy) is 1. The van der Waals surface area contributed by atoms with Gasteiger partial charge in [0.25, 0.3) is 5.56 Å². The first-order valence-electron chi connectivity index (χ1n) is 11.3. The van der Waals surface area contributed by atoms with Crippen molar-refractivity contribution in [3.63, 3.8) is 0 Å². The number of hydrogen-bond acceptors (Lipinski definition) is 5. The van der Waals surface area contributed by atoms with Crippen LogP contribution in [0.5, 0.6) is 5.75 Å². The number of nitrogens with zero attached hydrogens (tertiary/aromatic N) is 5. The summed E-state index contributed by atoms with van der Waals surface area (Å²) in [6, 6.07) is 8.20. The van der Waals surface area contributed by atoms with Crippen LogP contribution in [0.1, 0.15) is 29.8 Å². The number of fused-ring (bicyclic) bond motifs is 4. The molecule has 7 nitrogen and oxygen atoms in total. The van der Waals surface area contributed by atoms with Gasteiger partial charge in [0, 0.05) is 55.5 Å². The lowest BCUT2D eigenvalue weighted by atomic mass is 9.99. The summed E-state index contributed by atoms with van der Waals surface area (Å²) in [4.78, 5) is 23.9. The Hall–Kier alpha value is -3.30. The molecule has 0 radical (unpaired) electrons. The molecular weight excluding hydrogens is 476 g/mol. The third-order valence-electron chi connectivity index (χ3n) is 6.94. The van der Waals surface area contributed by atoms with Crippen molar-refractivity contribution in [3.8, 4) is 11.6 Å². The first-order chi connectivity index (χ1) is 16.5. The molecule has 0 aliphatic carbocycles. The summed E-state index contributed by atoms with van der Waals surface area (Å²) in [5.41, 5.74) is 3.18. The van der Waals surface area contributed by atoms with E-state index in [1.165, 1.54) is 34.7 Å². The molecule has 0 saturated carbocycles. The fourth-order valence-electron chi connectivity index (χ4n) is 5.19. The van der Waals surface area contributed by atoms with Crippen molar-refractivity contribution in [1.29, 1.82) is 0 Å². The molecule has 4 aromatic heterocycles. The molecule has 2 aliphatic rings. The number of pyridine rings is 3. The highest BCUT2D eigenvalue weighted by Gasteiger charge is 2.33. The fourth-order valence-corrected chi connectivity index (χ4v) is 5.19. The number of hydrogen-bond donors (Lipinski definition) is 0. The molecule has 0 N–H and O–H groups in total. The molecule has 0 amide bonds. The van der Waals surface area contributed by atoms with Gasteiger partial charge in [-0.15, -0.1) is 12.4 Å². The lowest BCUT2D eigenvalue weighted by Gasteiger charge is -2.30. The number of rotatable bonds is 4. The van der Waals surface area contributed by atoms with Crippen LogP contribution in [0.15, 0.2) is 47.5 Å². The molecule has 6 rings (SSSR count). The highest BCUT2D eigenvalue weighted by molar-refractivity contribution is 5.85. The van der Waals surface area contributed by atoms with E-state index in [4.69, 9.17) is 9.72 Å². The smallest absolute Gasteiger partial charge is 0.259 e. The zero-order chi connectivity index (χ0) is 23.4. The van der Waals surface area contributed by atoms with Crippen molar-refractivity contribution in [1.82, 2.24) is 24.0 Å². The summed E-state index contributed by atoms with van der Waals surface area (Å²) in [5.74, 6) is -0.763. The van der Waals surface area contributed by atoms with E-state index in [-0.39, 0.29) is 36.0 Å². The van der Waals surface area contributed by atoms with Gasteiger partial charge in [0.2, 0.25) is 0 Å². The van der Waals surface area contributed by atoms with E-state index in [1.54, 1.807) is 12.3 Å². The van der Waals surface area contributed by atoms with Gasteiger partial charge in [-0.1, -0.05) is 0 Å². The number of aryl methyl sites for hydroxylation is 1. The molecule has 0 bridgehead atoms. The van der Waals surface area contributed by atoms with Crippen molar-refractivity contribution in [3.05, 3.63) is 81.7 Å². The van der Waals surface area contributed by atoms with E-state index in [0.29, 0.717) is 11.9 Å². The molecule has 4 aromatic rings. The molecule has 182 valence electrons. The monoisotopic (exact) mass is 499 g/mol. The second kappa shape index (κ2) is 9.05. The maximum atomic E-state index is 13.8. The molecule has 6 heterocycles. The summed E-state index contributed by atoms with van der Waals surface area (Å²) in [5, 5.41) is 1.13. The first kappa shape index (κ1) is 23.4. The normalized spacial score (nSPS) is 17.2. The lowest BCUT2D eigenvalue weighted by molar-refractivity contribution is 0.225. The van der Waals surface area contributed by atoms with Crippen LogP contribution in [-0.4, -0.2) is 36.6 Å². The van der Waals surface area contributed by atoms with E-state index in [2.05, 4.69) is 14.5 Å². The average Bonchev–Trinajstić information content (AvgIpc) is 3.39. The van der Waals surface area contributed by atoms with Crippen LogP contribution in [0.4, 0.5) is 8.78 Å². The van der Waals surface area contributed by atoms with Crippen LogP contribution in [0.3, 0.4) is 0 Å². The molecule has 1 fully saturated rings. The van der Waals surface area contributed by atoms with E-state index >= 15 is 0 Å². The van der Waals surface area contributed by atoms with Gasteiger partial charge in [-0.2, -0.15) is 0 Å². The maximum Gasteiger partial charge on any atom is 0.259 e. The van der Waals surface area contributed by atoms with Gasteiger partial charge in [-0.25, -0.2) is 13.8 Å². The topological polar surface area (TPSA) is 65.2 Å². The summed E-state index contributed by atoms with van der Waals surface area (Å²) >= 11 is 0. The highest BCUT2D eigenvalue weighted by Crippen LogP contribution is 2.35. The summed E-state index contributed by atoms with van der Waals surface area (Å²) in [7, 11) is 2.05. The van der Waals surface area contributed by atoms with Gasteiger partial charge in [-0.05, 0) is 43.1 Å². The Morgan fingerprint density at radius 1 is 1.20 bits per heavy atom. The minimum atomic E-state index is -0.795. The third-order valence-corrected chi connectivity index (χ3v) is 6.94. The molecule has 0 spiro atoms. The Kier molecular flexibility index (Phi) is 6.06. The second-order valence-corrected chi connectivity index (χ2v) is 8.94. The Bertz CT molecular complexity index is 1480. The summed E-state index contributed by atoms with van der Waals surface area (Å²) < 4.78 is 35.9. The molecule has 10 heteroatoms. The van der Waals surface area contributed by atoms with Crippen molar-refractivity contribution >= 4 is 23.4 Å². The second-order valence-electron chi connectivity index (χ2n) is 8.94. The Morgan fingerprint density at radius 3 is 2.86 bits per heavy atom. The van der Waals surface area contributed by atoms with Crippen LogP contribution >= 0.6 is 12.4 Å². The van der Waals surface area contributed by atoms with Crippen LogP contribution < -0.4 is 10.3 Å². The summed E-state index contributed by atoms with van der Waals surface area (Å²) in [6.07, 6.45) is 6.04. The molecule has 35 heavy (non-hydrogen) atoms.